The third-order valence-corrected chi connectivity index (χ3v) is 5.09. The van der Waals surface area contributed by atoms with Crippen molar-refractivity contribution in [3.63, 3.8) is 0 Å². The van der Waals surface area contributed by atoms with Gasteiger partial charge in [-0.25, -0.2) is 0 Å². The number of hydrogen-bond acceptors (Lipinski definition) is 2. The Labute approximate surface area is 110 Å². The normalized spacial score (nSPS) is 22.7. The molecule has 1 unspecified atom stereocenters. The van der Waals surface area contributed by atoms with E-state index in [0.29, 0.717) is 28.7 Å². The van der Waals surface area contributed by atoms with Crippen molar-refractivity contribution in [2.75, 3.05) is 0 Å². The topological polar surface area (TPSA) is 32.3 Å². The Kier molecular flexibility index (Phi) is 3.18. The Hall–Kier alpha value is -1.02. The molecule has 18 heavy (non-hydrogen) atoms. The van der Waals surface area contributed by atoms with Crippen LogP contribution in [0, 0.1) is 10.8 Å². The monoisotopic (exact) mass is 247 g/mol. The molecule has 1 aliphatic rings. The van der Waals surface area contributed by atoms with E-state index in [2.05, 4.69) is 39.9 Å². The molecule has 0 saturated heterocycles. The molecule has 0 amide bonds. The molecule has 2 rings (SSSR count). The van der Waals surface area contributed by atoms with Gasteiger partial charge in [-0.2, -0.15) is 0 Å². The summed E-state index contributed by atoms with van der Waals surface area (Å²) in [7, 11) is 0. The van der Waals surface area contributed by atoms with Crippen LogP contribution in [0.15, 0.2) is 24.3 Å². The number of nitrogens with one attached hydrogen (secondary N) is 1. The third-order valence-electron chi connectivity index (χ3n) is 5.09. The van der Waals surface area contributed by atoms with Gasteiger partial charge in [0.1, 0.15) is 5.75 Å². The number of benzene rings is 1. The van der Waals surface area contributed by atoms with Crippen LogP contribution in [0.2, 0.25) is 0 Å². The quantitative estimate of drug-likeness (QED) is 0.846. The Morgan fingerprint density at radius 3 is 2.00 bits per heavy atom. The average molecular weight is 247 g/mol. The molecule has 2 N–H and O–H groups in total. The fourth-order valence-electron chi connectivity index (χ4n) is 2.97. The molecular formula is C16H25NO. The molecule has 0 radical (unpaired) electrons. The summed E-state index contributed by atoms with van der Waals surface area (Å²) < 4.78 is 0. The summed E-state index contributed by atoms with van der Waals surface area (Å²) >= 11 is 0. The molecule has 1 atom stereocenters. The van der Waals surface area contributed by atoms with E-state index in [1.54, 1.807) is 12.1 Å². The highest BCUT2D eigenvalue weighted by Crippen LogP contribution is 2.63. The Bertz CT molecular complexity index is 405. The minimum absolute atomic E-state index is 0.334. The van der Waals surface area contributed by atoms with Crippen LogP contribution in [0.5, 0.6) is 5.75 Å². The smallest absolute Gasteiger partial charge is 0.115 e. The van der Waals surface area contributed by atoms with Crippen molar-refractivity contribution in [3.8, 4) is 5.75 Å². The fourth-order valence-corrected chi connectivity index (χ4v) is 2.97. The lowest BCUT2D eigenvalue weighted by Gasteiger charge is -2.19. The minimum atomic E-state index is 0.334. The molecule has 2 heteroatoms. The summed E-state index contributed by atoms with van der Waals surface area (Å²) in [5.41, 5.74) is 1.98. The molecule has 0 heterocycles. The summed E-state index contributed by atoms with van der Waals surface area (Å²) in [6, 6.07) is 8.49. The van der Waals surface area contributed by atoms with Crippen LogP contribution in [0.4, 0.5) is 0 Å². The molecule has 0 bridgehead atoms. The number of rotatable bonds is 4. The Morgan fingerprint density at radius 1 is 1.11 bits per heavy atom. The van der Waals surface area contributed by atoms with Crippen molar-refractivity contribution < 1.29 is 5.11 Å². The number of phenols is 1. The highest BCUT2D eigenvalue weighted by molar-refractivity contribution is 5.29. The summed E-state index contributed by atoms with van der Waals surface area (Å²) in [6.07, 6.45) is 1.06. The van der Waals surface area contributed by atoms with Gasteiger partial charge in [0, 0.05) is 12.1 Å². The van der Waals surface area contributed by atoms with E-state index in [1.807, 2.05) is 12.1 Å². The maximum atomic E-state index is 9.35. The molecule has 1 aliphatic carbocycles. The lowest BCUT2D eigenvalue weighted by molar-refractivity contribution is 0.457. The van der Waals surface area contributed by atoms with Crippen molar-refractivity contribution in [2.24, 2.45) is 10.8 Å². The highest BCUT2D eigenvalue weighted by atomic mass is 16.3. The second kappa shape index (κ2) is 4.27. The third kappa shape index (κ3) is 2.03. The zero-order chi connectivity index (χ0) is 13.6. The van der Waals surface area contributed by atoms with Gasteiger partial charge in [-0.15, -0.1) is 0 Å². The van der Waals surface area contributed by atoms with Crippen molar-refractivity contribution >= 4 is 0 Å². The van der Waals surface area contributed by atoms with Gasteiger partial charge in [-0.3, -0.25) is 0 Å². The highest BCUT2D eigenvalue weighted by Gasteiger charge is 2.64. The van der Waals surface area contributed by atoms with Gasteiger partial charge in [-0.05, 0) is 34.9 Å². The van der Waals surface area contributed by atoms with Crippen molar-refractivity contribution in [1.82, 2.24) is 5.32 Å². The number of phenolic OH excluding ortho intramolecular Hbond substituents is 1. The van der Waals surface area contributed by atoms with Gasteiger partial charge in [0.15, 0.2) is 0 Å². The van der Waals surface area contributed by atoms with Crippen molar-refractivity contribution in [2.45, 2.75) is 53.1 Å². The summed E-state index contributed by atoms with van der Waals surface area (Å²) in [6.45, 7) is 11.5. The fraction of sp³-hybridized carbons (Fsp3) is 0.625. The Balaban J connectivity index is 2.10. The lowest BCUT2D eigenvalue weighted by Crippen LogP contribution is -2.27. The molecule has 1 fully saturated rings. The molecule has 1 aromatic carbocycles. The zero-order valence-corrected chi connectivity index (χ0v) is 12.1. The van der Waals surface area contributed by atoms with E-state index >= 15 is 0 Å². The largest absolute Gasteiger partial charge is 0.508 e. The predicted molar refractivity (Wildman–Crippen MR) is 75.6 cm³/mol. The van der Waals surface area contributed by atoms with Crippen LogP contribution in [0.25, 0.3) is 0 Å². The van der Waals surface area contributed by atoms with E-state index in [9.17, 15) is 5.11 Å². The molecule has 1 saturated carbocycles. The Morgan fingerprint density at radius 2 is 1.61 bits per heavy atom. The van der Waals surface area contributed by atoms with E-state index in [-0.39, 0.29) is 0 Å². The van der Waals surface area contributed by atoms with E-state index in [0.717, 1.165) is 6.42 Å². The van der Waals surface area contributed by atoms with Crippen molar-refractivity contribution in [1.29, 1.82) is 0 Å². The van der Waals surface area contributed by atoms with Gasteiger partial charge in [-0.1, -0.05) is 46.8 Å². The van der Waals surface area contributed by atoms with Crippen molar-refractivity contribution in [3.05, 3.63) is 29.8 Å². The van der Waals surface area contributed by atoms with Crippen LogP contribution in [0.1, 0.15) is 52.6 Å². The van der Waals surface area contributed by atoms with Crippen LogP contribution in [0.3, 0.4) is 0 Å². The minimum Gasteiger partial charge on any atom is -0.508 e. The van der Waals surface area contributed by atoms with Crippen LogP contribution < -0.4 is 5.32 Å². The molecule has 0 spiro atoms. The molecule has 0 aromatic heterocycles. The van der Waals surface area contributed by atoms with Crippen LogP contribution in [-0.4, -0.2) is 11.1 Å². The van der Waals surface area contributed by atoms with Gasteiger partial charge < -0.3 is 10.4 Å². The molecule has 0 aliphatic heterocycles. The molecule has 1 aromatic rings. The zero-order valence-electron chi connectivity index (χ0n) is 12.1. The van der Waals surface area contributed by atoms with E-state index in [4.69, 9.17) is 0 Å². The predicted octanol–water partition coefficient (Wildman–Crippen LogP) is 3.87. The molecule has 2 nitrogen and oxygen atoms in total. The maximum Gasteiger partial charge on any atom is 0.115 e. The summed E-state index contributed by atoms with van der Waals surface area (Å²) in [5.74, 6) is 0.334. The number of hydrogen-bond donors (Lipinski definition) is 2. The molecular weight excluding hydrogens is 222 g/mol. The van der Waals surface area contributed by atoms with Crippen LogP contribution >= 0.6 is 0 Å². The maximum absolute atomic E-state index is 9.35. The standard InChI is InChI=1S/C16H25NO/c1-6-13(11-7-9-12(18)10-8-11)17-14-15(2,3)16(14,4)5/h7-10,13-14,17-18H,6H2,1-5H3. The second-order valence-corrected chi connectivity index (χ2v) is 6.60. The first-order valence-corrected chi connectivity index (χ1v) is 6.85. The van der Waals surface area contributed by atoms with Crippen LogP contribution in [-0.2, 0) is 0 Å². The second-order valence-electron chi connectivity index (χ2n) is 6.60. The van der Waals surface area contributed by atoms with E-state index in [1.165, 1.54) is 5.56 Å². The lowest BCUT2D eigenvalue weighted by atomic mass is 10.0. The van der Waals surface area contributed by atoms with Gasteiger partial charge >= 0.3 is 0 Å². The van der Waals surface area contributed by atoms with Gasteiger partial charge in [0.05, 0.1) is 0 Å². The molecule has 100 valence electrons. The first-order valence-electron chi connectivity index (χ1n) is 6.85. The SMILES string of the molecule is CCC(NC1C(C)(C)C1(C)C)c1ccc(O)cc1. The van der Waals surface area contributed by atoms with Gasteiger partial charge in [0.25, 0.3) is 0 Å². The average Bonchev–Trinajstić information content (AvgIpc) is 2.69. The first-order chi connectivity index (χ1) is 8.30. The van der Waals surface area contributed by atoms with E-state index < -0.39 is 0 Å². The summed E-state index contributed by atoms with van der Waals surface area (Å²) in [5, 5.41) is 13.1. The summed E-state index contributed by atoms with van der Waals surface area (Å²) in [4.78, 5) is 0. The first kappa shape index (κ1) is 13.4. The number of aromatic hydroxyl groups is 1. The van der Waals surface area contributed by atoms with Gasteiger partial charge in [0.2, 0.25) is 0 Å².